The Balaban J connectivity index is 1.03. The molecule has 0 aliphatic heterocycles. The molecule has 1 aliphatic carbocycles. The van der Waals surface area contributed by atoms with Crippen LogP contribution < -0.4 is 9.80 Å². The SMILES string of the molecule is CC(C)(C)c1ccc(N(c2ccc(-c3ccccc3F)cc2)c2cc3oc4ccccc4c3c3c2C(c2ccccc2)(c2ccccc2)c2cc(N(c4ccc(-c5ccccc5C(=O)OCc5ccccc5)cc4)c4ccc(C(C)(C)C)cc4)c4ccccc4c2-3)cc1. The van der Waals surface area contributed by atoms with Gasteiger partial charge in [0, 0.05) is 61.7 Å². The smallest absolute Gasteiger partial charge is 0.339 e. The third-order valence-electron chi connectivity index (χ3n) is 18.7. The number of ether oxygens (including phenoxy) is 1. The van der Waals surface area contributed by atoms with Crippen molar-refractivity contribution in [1.29, 1.82) is 0 Å². The summed E-state index contributed by atoms with van der Waals surface area (Å²) in [5.41, 5.74) is 19.5. The summed E-state index contributed by atoms with van der Waals surface area (Å²) in [6.07, 6.45) is 0. The van der Waals surface area contributed by atoms with Crippen LogP contribution in [-0.2, 0) is 27.6 Å². The van der Waals surface area contributed by atoms with Crippen molar-refractivity contribution < 1.29 is 18.3 Å². The Kier molecular flexibility index (Phi) is 14.6. The molecule has 0 spiro atoms. The molecule has 0 unspecified atom stereocenters. The largest absolute Gasteiger partial charge is 0.457 e. The van der Waals surface area contributed by atoms with Crippen LogP contribution in [0.1, 0.15) is 90.8 Å². The summed E-state index contributed by atoms with van der Waals surface area (Å²) in [5.74, 6) is -0.654. The summed E-state index contributed by atoms with van der Waals surface area (Å²) in [4.78, 5) is 18.8. The van der Waals surface area contributed by atoms with Crippen molar-refractivity contribution in [3.63, 3.8) is 0 Å². The molecule has 0 saturated carbocycles. The van der Waals surface area contributed by atoms with Crippen LogP contribution in [0.4, 0.5) is 38.5 Å². The topological polar surface area (TPSA) is 45.9 Å². The van der Waals surface area contributed by atoms with Gasteiger partial charge in [0.05, 0.1) is 22.4 Å². The first-order valence-corrected chi connectivity index (χ1v) is 32.0. The fourth-order valence-electron chi connectivity index (χ4n) is 14.1. The number of rotatable bonds is 13. The third kappa shape index (κ3) is 10.2. The second-order valence-corrected chi connectivity index (χ2v) is 26.4. The van der Waals surface area contributed by atoms with Crippen LogP contribution in [0.3, 0.4) is 0 Å². The van der Waals surface area contributed by atoms with Crippen molar-refractivity contribution in [3.05, 3.63) is 348 Å². The number of anilines is 6. The van der Waals surface area contributed by atoms with Gasteiger partial charge in [0.15, 0.2) is 0 Å². The predicted octanol–water partition coefficient (Wildman–Crippen LogP) is 23.5. The first-order chi connectivity index (χ1) is 45.2. The van der Waals surface area contributed by atoms with Gasteiger partial charge in [0.25, 0.3) is 0 Å². The molecule has 14 aromatic rings. The molecule has 1 heterocycles. The third-order valence-corrected chi connectivity index (χ3v) is 18.7. The second kappa shape index (κ2) is 23.3. The minimum atomic E-state index is -1.00. The predicted molar refractivity (Wildman–Crippen MR) is 382 cm³/mol. The number of hydrogen-bond donors (Lipinski definition) is 0. The summed E-state index contributed by atoms with van der Waals surface area (Å²) >= 11 is 0. The Morgan fingerprint density at radius 2 is 0.882 bits per heavy atom. The van der Waals surface area contributed by atoms with Gasteiger partial charge in [-0.05, 0) is 145 Å². The van der Waals surface area contributed by atoms with E-state index in [2.05, 4.69) is 258 Å². The highest BCUT2D eigenvalue weighted by Gasteiger charge is 2.51. The molecule has 0 radical (unpaired) electrons. The molecule has 1 aliphatic rings. The lowest BCUT2D eigenvalue weighted by molar-refractivity contribution is 0.0473. The van der Waals surface area contributed by atoms with Crippen LogP contribution >= 0.6 is 0 Å². The van der Waals surface area contributed by atoms with Gasteiger partial charge in [-0.3, -0.25) is 0 Å². The van der Waals surface area contributed by atoms with Crippen molar-refractivity contribution in [2.45, 2.75) is 64.4 Å². The zero-order chi connectivity index (χ0) is 63.6. The molecule has 1 aromatic heterocycles. The molecule has 452 valence electrons. The van der Waals surface area contributed by atoms with Crippen molar-refractivity contribution in [2.24, 2.45) is 0 Å². The monoisotopic (exact) mass is 1210 g/mol. The highest BCUT2D eigenvalue weighted by molar-refractivity contribution is 6.23. The van der Waals surface area contributed by atoms with Gasteiger partial charge in [-0.2, -0.15) is 0 Å². The maximum Gasteiger partial charge on any atom is 0.339 e. The molecule has 0 bridgehead atoms. The van der Waals surface area contributed by atoms with Crippen molar-refractivity contribution >= 4 is 72.8 Å². The Morgan fingerprint density at radius 3 is 1.44 bits per heavy atom. The van der Waals surface area contributed by atoms with E-state index in [9.17, 15) is 4.79 Å². The van der Waals surface area contributed by atoms with E-state index in [1.54, 1.807) is 6.07 Å². The van der Waals surface area contributed by atoms with Crippen LogP contribution in [0.15, 0.2) is 302 Å². The maximum atomic E-state index is 15.7. The van der Waals surface area contributed by atoms with E-state index >= 15 is 4.39 Å². The molecule has 0 fully saturated rings. The van der Waals surface area contributed by atoms with Gasteiger partial charge in [-0.1, -0.05) is 260 Å². The van der Waals surface area contributed by atoms with Crippen LogP contribution in [-0.4, -0.2) is 5.97 Å². The number of esters is 1. The second-order valence-electron chi connectivity index (χ2n) is 26.4. The highest BCUT2D eigenvalue weighted by atomic mass is 19.1. The van der Waals surface area contributed by atoms with Crippen LogP contribution in [0, 0.1) is 5.82 Å². The van der Waals surface area contributed by atoms with Gasteiger partial charge < -0.3 is 19.0 Å². The normalized spacial score (nSPS) is 12.6. The van der Waals surface area contributed by atoms with E-state index in [-0.39, 0.29) is 29.2 Å². The summed E-state index contributed by atoms with van der Waals surface area (Å²) in [6.45, 7) is 13.7. The fourth-order valence-corrected chi connectivity index (χ4v) is 14.1. The minimum absolute atomic E-state index is 0.0949. The molecular formula is C87H69FN2O3. The molecule has 6 heteroatoms. The standard InChI is InChI=1S/C87H69FN2O3/c1-85(2,3)60-42-50-66(51-43-60)89(64-46-38-58(39-47-64)68-30-16-19-34-72(68)84(91)92-56-57-24-10-7-11-25-57)76-54-74-80(71-33-18-17-32-70(71)76)82-81-73-35-21-23-37-78(73)93-79(81)55-77(83(82)87(74,62-26-12-8-13-27-62)63-28-14-9-15-29-63)90(67-52-44-61(45-53-67)86(4,5)6)65-48-40-59(41-49-65)69-31-20-22-36-75(69)88/h7-55H,56H2,1-6H3. The minimum Gasteiger partial charge on any atom is -0.457 e. The number of benzene rings is 13. The van der Waals surface area contributed by atoms with E-state index in [1.807, 2.05) is 78.9 Å². The van der Waals surface area contributed by atoms with Crippen molar-refractivity contribution in [3.8, 4) is 33.4 Å². The summed E-state index contributed by atoms with van der Waals surface area (Å²) in [5, 5.41) is 4.19. The molecule has 0 amide bonds. The molecule has 5 nitrogen and oxygen atoms in total. The molecule has 13 aromatic carbocycles. The van der Waals surface area contributed by atoms with Gasteiger partial charge in [0.1, 0.15) is 23.6 Å². The van der Waals surface area contributed by atoms with Crippen molar-refractivity contribution in [2.75, 3.05) is 9.80 Å². The number of furan rings is 1. The number of carbonyl (C=O) groups is 1. The Bertz CT molecular complexity index is 5060. The molecule has 0 N–H and O–H groups in total. The molecule has 0 saturated heterocycles. The molecule has 15 rings (SSSR count). The number of hydrogen-bond acceptors (Lipinski definition) is 5. The summed E-state index contributed by atoms with van der Waals surface area (Å²) in [6, 6.07) is 104. The van der Waals surface area contributed by atoms with E-state index < -0.39 is 5.41 Å². The Labute approximate surface area is 543 Å². The lowest BCUT2D eigenvalue weighted by Crippen LogP contribution is -2.31. The molecule has 93 heavy (non-hydrogen) atoms. The van der Waals surface area contributed by atoms with Gasteiger partial charge in [-0.15, -0.1) is 0 Å². The van der Waals surface area contributed by atoms with Crippen LogP contribution in [0.25, 0.3) is 66.1 Å². The zero-order valence-electron chi connectivity index (χ0n) is 53.0. The fraction of sp³-hybridized carbons (Fsp3) is 0.115. The first kappa shape index (κ1) is 58.3. The van der Waals surface area contributed by atoms with Gasteiger partial charge in [-0.25, -0.2) is 9.18 Å². The Morgan fingerprint density at radius 1 is 0.430 bits per heavy atom. The number of halogens is 1. The van der Waals surface area contributed by atoms with Crippen LogP contribution in [0.5, 0.6) is 0 Å². The molecule has 0 atom stereocenters. The molecular weight excluding hydrogens is 1140 g/mol. The average Bonchev–Trinajstić information content (AvgIpc) is 1.50. The van der Waals surface area contributed by atoms with Crippen LogP contribution in [0.2, 0.25) is 0 Å². The lowest BCUT2D eigenvalue weighted by atomic mass is 9.66. The highest BCUT2D eigenvalue weighted by Crippen LogP contribution is 2.65. The number of nitrogens with zero attached hydrogens (tertiary/aromatic N) is 2. The zero-order valence-corrected chi connectivity index (χ0v) is 53.0. The number of carbonyl (C=O) groups excluding carboxylic acids is 1. The first-order valence-electron chi connectivity index (χ1n) is 32.0. The summed E-state index contributed by atoms with van der Waals surface area (Å²) in [7, 11) is 0. The summed E-state index contributed by atoms with van der Waals surface area (Å²) < 4.78 is 28.9. The Hall–Kier alpha value is -11.1. The average molecular weight is 1210 g/mol. The number of fused-ring (bicyclic) bond motifs is 9. The van der Waals surface area contributed by atoms with Gasteiger partial charge >= 0.3 is 5.97 Å². The van der Waals surface area contributed by atoms with E-state index in [1.165, 1.54) is 17.2 Å². The lowest BCUT2D eigenvalue weighted by Gasteiger charge is -2.38. The van der Waals surface area contributed by atoms with E-state index in [4.69, 9.17) is 9.15 Å². The quantitative estimate of drug-likeness (QED) is 0.108. The van der Waals surface area contributed by atoms with E-state index in [0.29, 0.717) is 11.1 Å². The van der Waals surface area contributed by atoms with Crippen molar-refractivity contribution in [1.82, 2.24) is 0 Å². The van der Waals surface area contributed by atoms with E-state index in [0.717, 1.165) is 122 Å². The van der Waals surface area contributed by atoms with Gasteiger partial charge in [0.2, 0.25) is 0 Å². The number of para-hydroxylation sites is 1. The maximum absolute atomic E-state index is 15.7.